The number of nitrogens with one attached hydrogen (secondary N) is 3. The van der Waals surface area contributed by atoms with Crippen molar-refractivity contribution in [1.82, 2.24) is 16.0 Å². The average Bonchev–Trinajstić information content (AvgIpc) is 3.07. The molecule has 0 heterocycles. The Morgan fingerprint density at radius 1 is 1.17 bits per heavy atom. The summed E-state index contributed by atoms with van der Waals surface area (Å²) in [5, 5.41) is 9.63. The van der Waals surface area contributed by atoms with Gasteiger partial charge in [-0.2, -0.15) is 0 Å². The zero-order valence-corrected chi connectivity index (χ0v) is 14.0. The fourth-order valence-corrected chi connectivity index (χ4v) is 2.74. The molecular formula is C18H28N4O. The van der Waals surface area contributed by atoms with Gasteiger partial charge in [0.2, 0.25) is 5.91 Å². The minimum Gasteiger partial charge on any atom is -0.357 e. The summed E-state index contributed by atoms with van der Waals surface area (Å²) < 4.78 is 0. The monoisotopic (exact) mass is 316 g/mol. The lowest BCUT2D eigenvalue weighted by molar-refractivity contribution is -0.121. The zero-order valence-electron chi connectivity index (χ0n) is 14.0. The predicted molar refractivity (Wildman–Crippen MR) is 94.3 cm³/mol. The molecule has 2 rings (SSSR count). The number of hydrogen-bond donors (Lipinski definition) is 3. The van der Waals surface area contributed by atoms with E-state index in [-0.39, 0.29) is 5.91 Å². The fraction of sp³-hybridized carbons (Fsp3) is 0.556. The molecule has 0 aromatic heterocycles. The van der Waals surface area contributed by atoms with Crippen LogP contribution in [0.4, 0.5) is 0 Å². The summed E-state index contributed by atoms with van der Waals surface area (Å²) in [6.45, 7) is 3.96. The highest BCUT2D eigenvalue weighted by Gasteiger charge is 2.15. The van der Waals surface area contributed by atoms with Crippen LogP contribution in [0.2, 0.25) is 0 Å². The van der Waals surface area contributed by atoms with Crippen LogP contribution >= 0.6 is 0 Å². The molecule has 1 aliphatic carbocycles. The molecule has 0 spiro atoms. The number of rotatable bonds is 7. The molecule has 0 unspecified atom stereocenters. The van der Waals surface area contributed by atoms with E-state index < -0.39 is 0 Å². The lowest BCUT2D eigenvalue weighted by Crippen LogP contribution is -2.42. The molecule has 5 heteroatoms. The third-order valence-corrected chi connectivity index (χ3v) is 3.98. The van der Waals surface area contributed by atoms with Crippen molar-refractivity contribution in [2.24, 2.45) is 4.99 Å². The van der Waals surface area contributed by atoms with Gasteiger partial charge in [-0.15, -0.1) is 0 Å². The first-order chi connectivity index (χ1) is 11.3. The molecular weight excluding hydrogens is 288 g/mol. The minimum atomic E-state index is 0.0364. The first kappa shape index (κ1) is 17.3. The van der Waals surface area contributed by atoms with Crippen LogP contribution in [0.3, 0.4) is 0 Å². The van der Waals surface area contributed by atoms with Crippen LogP contribution in [0.25, 0.3) is 0 Å². The van der Waals surface area contributed by atoms with Gasteiger partial charge in [-0.3, -0.25) is 9.79 Å². The van der Waals surface area contributed by atoms with Crippen molar-refractivity contribution in [3.8, 4) is 0 Å². The summed E-state index contributed by atoms with van der Waals surface area (Å²) in [5.41, 5.74) is 1.11. The average molecular weight is 316 g/mol. The zero-order chi connectivity index (χ0) is 16.3. The van der Waals surface area contributed by atoms with Gasteiger partial charge in [-0.25, -0.2) is 0 Å². The van der Waals surface area contributed by atoms with E-state index in [9.17, 15) is 4.79 Å². The summed E-state index contributed by atoms with van der Waals surface area (Å²) in [5.74, 6) is 0.865. The van der Waals surface area contributed by atoms with Crippen LogP contribution in [0, 0.1) is 0 Å². The molecule has 0 saturated heterocycles. The smallest absolute Gasteiger partial charge is 0.222 e. The third-order valence-electron chi connectivity index (χ3n) is 3.98. The topological polar surface area (TPSA) is 65.5 Å². The van der Waals surface area contributed by atoms with Gasteiger partial charge in [-0.05, 0) is 25.3 Å². The highest BCUT2D eigenvalue weighted by molar-refractivity contribution is 5.81. The number of carbonyl (C=O) groups excluding carboxylic acids is 1. The molecule has 1 aliphatic rings. The third kappa shape index (κ3) is 6.72. The van der Waals surface area contributed by atoms with Crippen LogP contribution in [0.15, 0.2) is 35.3 Å². The van der Waals surface area contributed by atoms with E-state index in [0.29, 0.717) is 25.6 Å². The first-order valence-electron chi connectivity index (χ1n) is 8.63. The van der Waals surface area contributed by atoms with E-state index >= 15 is 0 Å². The summed E-state index contributed by atoms with van der Waals surface area (Å²) in [6.07, 6.45) is 5.41. The Kier molecular flexibility index (Phi) is 7.43. The molecule has 0 bridgehead atoms. The molecule has 1 aromatic carbocycles. The second-order valence-corrected chi connectivity index (χ2v) is 5.90. The highest BCUT2D eigenvalue weighted by Crippen LogP contribution is 2.17. The normalized spacial score (nSPS) is 15.4. The molecule has 0 aliphatic heterocycles. The Morgan fingerprint density at radius 3 is 2.61 bits per heavy atom. The molecule has 1 fully saturated rings. The summed E-state index contributed by atoms with van der Waals surface area (Å²) in [6, 6.07) is 10.5. The molecule has 1 amide bonds. The first-order valence-corrected chi connectivity index (χ1v) is 8.63. The molecule has 1 saturated carbocycles. The molecule has 126 valence electrons. The largest absolute Gasteiger partial charge is 0.357 e. The van der Waals surface area contributed by atoms with Crippen LogP contribution in [-0.4, -0.2) is 31.0 Å². The predicted octanol–water partition coefficient (Wildman–Crippen LogP) is 2.19. The Labute approximate surface area is 139 Å². The quantitative estimate of drug-likeness (QED) is 0.534. The van der Waals surface area contributed by atoms with Crippen LogP contribution in [0.1, 0.15) is 44.6 Å². The Morgan fingerprint density at radius 2 is 1.91 bits per heavy atom. The summed E-state index contributed by atoms with van der Waals surface area (Å²) in [7, 11) is 0. The van der Waals surface area contributed by atoms with Gasteiger partial charge in [0.25, 0.3) is 0 Å². The second-order valence-electron chi connectivity index (χ2n) is 5.90. The molecule has 0 atom stereocenters. The maximum atomic E-state index is 11.9. The number of hydrogen-bond acceptors (Lipinski definition) is 2. The van der Waals surface area contributed by atoms with Crippen LogP contribution in [0.5, 0.6) is 0 Å². The Hall–Kier alpha value is -2.04. The molecule has 5 nitrogen and oxygen atoms in total. The highest BCUT2D eigenvalue weighted by atomic mass is 16.1. The van der Waals surface area contributed by atoms with E-state index in [4.69, 9.17) is 0 Å². The maximum Gasteiger partial charge on any atom is 0.222 e. The maximum absolute atomic E-state index is 11.9. The number of benzene rings is 1. The lowest BCUT2D eigenvalue weighted by Gasteiger charge is -2.16. The Bertz CT molecular complexity index is 495. The molecule has 0 radical (unpaired) electrons. The molecule has 1 aromatic rings. The number of amides is 1. The van der Waals surface area contributed by atoms with Crippen molar-refractivity contribution in [3.05, 3.63) is 35.9 Å². The standard InChI is InChI=1S/C18H28N4O/c1-2-19-18(22-16-10-6-7-11-16)20-13-12-17(23)21-14-15-8-4-3-5-9-15/h3-5,8-9,16H,2,6-7,10-14H2,1H3,(H,21,23)(H2,19,20,22). The molecule has 3 N–H and O–H groups in total. The van der Waals surface area contributed by atoms with Gasteiger partial charge in [0.15, 0.2) is 5.96 Å². The van der Waals surface area contributed by atoms with E-state index in [1.165, 1.54) is 25.7 Å². The van der Waals surface area contributed by atoms with Crippen molar-refractivity contribution in [3.63, 3.8) is 0 Å². The SMILES string of the molecule is CCNC(=NCCC(=O)NCc1ccccc1)NC1CCCC1. The van der Waals surface area contributed by atoms with E-state index in [1.807, 2.05) is 30.3 Å². The Balaban J connectivity index is 1.70. The molecule has 23 heavy (non-hydrogen) atoms. The van der Waals surface area contributed by atoms with Gasteiger partial charge in [0, 0.05) is 25.6 Å². The van der Waals surface area contributed by atoms with Crippen molar-refractivity contribution in [1.29, 1.82) is 0 Å². The number of aliphatic imine (C=N–C) groups is 1. The van der Waals surface area contributed by atoms with Crippen LogP contribution < -0.4 is 16.0 Å². The number of nitrogens with zero attached hydrogens (tertiary/aromatic N) is 1. The number of guanidine groups is 1. The van der Waals surface area contributed by atoms with Gasteiger partial charge in [0.1, 0.15) is 0 Å². The van der Waals surface area contributed by atoms with Gasteiger partial charge in [-0.1, -0.05) is 43.2 Å². The minimum absolute atomic E-state index is 0.0364. The van der Waals surface area contributed by atoms with E-state index in [2.05, 4.69) is 27.9 Å². The summed E-state index contributed by atoms with van der Waals surface area (Å²) >= 11 is 0. The van der Waals surface area contributed by atoms with Crippen LogP contribution in [-0.2, 0) is 11.3 Å². The fourth-order valence-electron chi connectivity index (χ4n) is 2.74. The van der Waals surface area contributed by atoms with E-state index in [1.54, 1.807) is 0 Å². The van der Waals surface area contributed by atoms with Gasteiger partial charge < -0.3 is 16.0 Å². The van der Waals surface area contributed by atoms with Crippen molar-refractivity contribution in [2.45, 2.75) is 51.6 Å². The van der Waals surface area contributed by atoms with Crippen molar-refractivity contribution in [2.75, 3.05) is 13.1 Å². The summed E-state index contributed by atoms with van der Waals surface area (Å²) in [4.78, 5) is 16.4. The van der Waals surface area contributed by atoms with Crippen molar-refractivity contribution < 1.29 is 4.79 Å². The van der Waals surface area contributed by atoms with Crippen molar-refractivity contribution >= 4 is 11.9 Å². The number of carbonyl (C=O) groups is 1. The van der Waals surface area contributed by atoms with Gasteiger partial charge in [0.05, 0.1) is 6.54 Å². The lowest BCUT2D eigenvalue weighted by atomic mass is 10.2. The van der Waals surface area contributed by atoms with Gasteiger partial charge >= 0.3 is 0 Å². The van der Waals surface area contributed by atoms with E-state index in [0.717, 1.165) is 18.1 Å². The second kappa shape index (κ2) is 9.87.